The van der Waals surface area contributed by atoms with E-state index in [0.29, 0.717) is 11.4 Å². The molecule has 0 radical (unpaired) electrons. The highest BCUT2D eigenvalue weighted by Crippen LogP contribution is 2.21. The number of hydrogen-bond acceptors (Lipinski definition) is 2. The van der Waals surface area contributed by atoms with E-state index in [0.717, 1.165) is 21.8 Å². The van der Waals surface area contributed by atoms with Gasteiger partial charge in [0.25, 0.3) is 0 Å². The van der Waals surface area contributed by atoms with Gasteiger partial charge in [0.05, 0.1) is 11.0 Å². The van der Waals surface area contributed by atoms with Crippen LogP contribution < -0.4 is 0 Å². The van der Waals surface area contributed by atoms with Gasteiger partial charge in [-0.2, -0.15) is 0 Å². The Hall–Kier alpha value is -2.94. The number of ketones is 1. The van der Waals surface area contributed by atoms with Crippen molar-refractivity contribution in [3.8, 4) is 0 Å². The summed E-state index contributed by atoms with van der Waals surface area (Å²) in [6.45, 7) is 0. The number of aromatic amines is 1. The lowest BCUT2D eigenvalue weighted by Gasteiger charge is -2.03. The van der Waals surface area contributed by atoms with Crippen molar-refractivity contribution < 1.29 is 4.79 Å². The van der Waals surface area contributed by atoms with E-state index in [1.54, 1.807) is 0 Å². The van der Waals surface area contributed by atoms with Crippen LogP contribution in [0.25, 0.3) is 21.8 Å². The van der Waals surface area contributed by atoms with Crippen LogP contribution >= 0.6 is 0 Å². The van der Waals surface area contributed by atoms with Gasteiger partial charge in [0.1, 0.15) is 0 Å². The number of carbonyl (C=O) groups is 1. The van der Waals surface area contributed by atoms with Crippen molar-refractivity contribution in [3.63, 3.8) is 0 Å². The van der Waals surface area contributed by atoms with Gasteiger partial charge < -0.3 is 4.98 Å². The summed E-state index contributed by atoms with van der Waals surface area (Å²) in [4.78, 5) is 20.2. The summed E-state index contributed by atoms with van der Waals surface area (Å²) in [5.74, 6) is 0.301. The first-order chi connectivity index (χ1) is 10.3. The maximum Gasteiger partial charge on any atom is 0.228 e. The lowest BCUT2D eigenvalue weighted by Crippen LogP contribution is -2.04. The summed E-state index contributed by atoms with van der Waals surface area (Å²) in [5, 5.41) is 2.00. The molecule has 0 bridgehead atoms. The van der Waals surface area contributed by atoms with E-state index in [-0.39, 0.29) is 5.78 Å². The Balaban J connectivity index is 1.90. The van der Waals surface area contributed by atoms with E-state index in [1.165, 1.54) is 0 Å². The van der Waals surface area contributed by atoms with Gasteiger partial charge in [0.15, 0.2) is 5.82 Å². The van der Waals surface area contributed by atoms with Crippen LogP contribution in [0.2, 0.25) is 0 Å². The van der Waals surface area contributed by atoms with Crippen molar-refractivity contribution in [2.24, 2.45) is 0 Å². The molecular formula is C18H12N2O. The second-order valence-electron chi connectivity index (χ2n) is 4.96. The van der Waals surface area contributed by atoms with Crippen LogP contribution in [0.3, 0.4) is 0 Å². The van der Waals surface area contributed by atoms with E-state index in [2.05, 4.69) is 9.97 Å². The number of fused-ring (bicyclic) bond motifs is 2. The smallest absolute Gasteiger partial charge is 0.228 e. The van der Waals surface area contributed by atoms with E-state index < -0.39 is 0 Å². The average Bonchev–Trinajstić information content (AvgIpc) is 2.97. The third-order valence-electron chi connectivity index (χ3n) is 3.64. The Morgan fingerprint density at radius 2 is 1.62 bits per heavy atom. The molecule has 0 amide bonds. The Morgan fingerprint density at radius 3 is 2.52 bits per heavy atom. The molecular weight excluding hydrogens is 260 g/mol. The summed E-state index contributed by atoms with van der Waals surface area (Å²) in [6.07, 6.45) is 0. The predicted molar refractivity (Wildman–Crippen MR) is 83.5 cm³/mol. The average molecular weight is 272 g/mol. The molecule has 0 aliphatic carbocycles. The number of imidazole rings is 1. The Kier molecular flexibility index (Phi) is 2.57. The van der Waals surface area contributed by atoms with Crippen LogP contribution in [0.4, 0.5) is 0 Å². The molecule has 3 aromatic carbocycles. The van der Waals surface area contributed by atoms with Crippen LogP contribution in [0, 0.1) is 0 Å². The molecule has 0 spiro atoms. The largest absolute Gasteiger partial charge is 0.335 e. The number of nitrogens with one attached hydrogen (secondary N) is 1. The van der Waals surface area contributed by atoms with Crippen molar-refractivity contribution in [1.82, 2.24) is 9.97 Å². The lowest BCUT2D eigenvalue weighted by atomic mass is 10.0. The van der Waals surface area contributed by atoms with Crippen molar-refractivity contribution in [3.05, 3.63) is 78.1 Å². The molecule has 4 aromatic rings. The van der Waals surface area contributed by atoms with E-state index >= 15 is 0 Å². The molecule has 1 aromatic heterocycles. The number of rotatable bonds is 2. The first-order valence-electron chi connectivity index (χ1n) is 6.80. The zero-order valence-electron chi connectivity index (χ0n) is 11.2. The van der Waals surface area contributed by atoms with Crippen molar-refractivity contribution in [1.29, 1.82) is 0 Å². The van der Waals surface area contributed by atoms with E-state index in [9.17, 15) is 4.79 Å². The summed E-state index contributed by atoms with van der Waals surface area (Å²) in [5.41, 5.74) is 2.36. The van der Waals surface area contributed by atoms with Gasteiger partial charge in [-0.05, 0) is 22.9 Å². The monoisotopic (exact) mass is 272 g/mol. The molecule has 0 aliphatic rings. The normalized spacial score (nSPS) is 11.0. The van der Waals surface area contributed by atoms with Crippen molar-refractivity contribution in [2.45, 2.75) is 0 Å². The van der Waals surface area contributed by atoms with Gasteiger partial charge in [-0.15, -0.1) is 0 Å². The third-order valence-corrected chi connectivity index (χ3v) is 3.64. The predicted octanol–water partition coefficient (Wildman–Crippen LogP) is 3.95. The molecule has 3 heteroatoms. The van der Waals surface area contributed by atoms with Crippen molar-refractivity contribution >= 4 is 27.6 Å². The SMILES string of the molecule is O=C(c1nc2ccccc2[nH]1)c1cccc2ccccc12. The van der Waals surface area contributed by atoms with Crippen LogP contribution in [0.1, 0.15) is 16.2 Å². The first kappa shape index (κ1) is 11.9. The third kappa shape index (κ3) is 1.91. The molecule has 0 saturated carbocycles. The fraction of sp³-hybridized carbons (Fsp3) is 0. The summed E-state index contributed by atoms with van der Waals surface area (Å²) in [6, 6.07) is 21.3. The van der Waals surface area contributed by atoms with Gasteiger partial charge >= 0.3 is 0 Å². The summed E-state index contributed by atoms with van der Waals surface area (Å²) < 4.78 is 0. The van der Waals surface area contributed by atoms with Gasteiger partial charge in [-0.25, -0.2) is 4.98 Å². The molecule has 0 atom stereocenters. The van der Waals surface area contributed by atoms with Gasteiger partial charge in [0, 0.05) is 5.56 Å². The first-order valence-corrected chi connectivity index (χ1v) is 6.80. The molecule has 1 heterocycles. The second kappa shape index (κ2) is 4.56. The molecule has 21 heavy (non-hydrogen) atoms. The molecule has 3 nitrogen and oxygen atoms in total. The van der Waals surface area contributed by atoms with Gasteiger partial charge in [-0.3, -0.25) is 4.79 Å². The maximum atomic E-state index is 12.7. The topological polar surface area (TPSA) is 45.8 Å². The minimum absolute atomic E-state index is 0.0806. The summed E-state index contributed by atoms with van der Waals surface area (Å²) >= 11 is 0. The minimum atomic E-state index is -0.0806. The molecule has 4 rings (SSSR count). The van der Waals surface area contributed by atoms with Crippen molar-refractivity contribution in [2.75, 3.05) is 0 Å². The van der Waals surface area contributed by atoms with Gasteiger partial charge in [0.2, 0.25) is 5.78 Å². The quantitative estimate of drug-likeness (QED) is 0.562. The van der Waals surface area contributed by atoms with E-state index in [4.69, 9.17) is 0 Å². The second-order valence-corrected chi connectivity index (χ2v) is 4.96. The number of aromatic nitrogens is 2. The van der Waals surface area contributed by atoms with Gasteiger partial charge in [-0.1, -0.05) is 54.6 Å². The Labute approximate surface area is 121 Å². The Morgan fingerprint density at radius 1 is 0.857 bits per heavy atom. The van der Waals surface area contributed by atoms with Crippen LogP contribution in [-0.2, 0) is 0 Å². The number of benzene rings is 3. The standard InChI is InChI=1S/C18H12N2O/c21-17(18-19-15-10-3-4-11-16(15)20-18)14-9-5-7-12-6-1-2-8-13(12)14/h1-11H,(H,19,20). The molecule has 0 unspecified atom stereocenters. The van der Waals surface area contributed by atoms with Crippen LogP contribution in [-0.4, -0.2) is 15.8 Å². The molecule has 0 fully saturated rings. The fourth-order valence-corrected chi connectivity index (χ4v) is 2.61. The van der Waals surface area contributed by atoms with E-state index in [1.807, 2.05) is 66.7 Å². The zero-order valence-corrected chi connectivity index (χ0v) is 11.2. The minimum Gasteiger partial charge on any atom is -0.335 e. The zero-order chi connectivity index (χ0) is 14.2. The highest BCUT2D eigenvalue weighted by atomic mass is 16.1. The number of carbonyl (C=O) groups excluding carboxylic acids is 1. The highest BCUT2D eigenvalue weighted by Gasteiger charge is 2.15. The molecule has 0 saturated heterocycles. The molecule has 100 valence electrons. The molecule has 0 aliphatic heterocycles. The number of para-hydroxylation sites is 2. The Bertz CT molecular complexity index is 931. The highest BCUT2D eigenvalue weighted by molar-refractivity contribution is 6.15. The van der Waals surface area contributed by atoms with Crippen LogP contribution in [0.5, 0.6) is 0 Å². The number of nitrogens with zero attached hydrogens (tertiary/aromatic N) is 1. The maximum absolute atomic E-state index is 12.7. The lowest BCUT2D eigenvalue weighted by molar-refractivity contribution is 0.103. The fourth-order valence-electron chi connectivity index (χ4n) is 2.61. The molecule has 1 N–H and O–H groups in total. The van der Waals surface area contributed by atoms with Crippen LogP contribution in [0.15, 0.2) is 66.7 Å². The summed E-state index contributed by atoms with van der Waals surface area (Å²) in [7, 11) is 0. The number of H-pyrrole nitrogens is 1. The number of hydrogen-bond donors (Lipinski definition) is 1.